The third kappa shape index (κ3) is 4.87. The molecule has 3 unspecified atom stereocenters. The fourth-order valence-corrected chi connectivity index (χ4v) is 3.10. The summed E-state index contributed by atoms with van der Waals surface area (Å²) < 4.78 is 16.9. The molecule has 0 aromatic heterocycles. The molecule has 1 saturated heterocycles. The van der Waals surface area contributed by atoms with Crippen molar-refractivity contribution >= 4 is 0 Å². The van der Waals surface area contributed by atoms with Gasteiger partial charge in [-0.25, -0.2) is 0 Å². The molecule has 6 heteroatoms. The van der Waals surface area contributed by atoms with E-state index in [2.05, 4.69) is 35.5 Å². The maximum atomic E-state index is 5.62. The first-order valence-electron chi connectivity index (χ1n) is 7.95. The maximum Gasteiger partial charge on any atom is 0.111 e. The average molecular weight is 303 g/mol. The Morgan fingerprint density at radius 3 is 1.00 bits per heavy atom. The van der Waals surface area contributed by atoms with E-state index in [1.165, 1.54) is 0 Å². The van der Waals surface area contributed by atoms with Crippen LogP contribution < -0.4 is 0 Å². The lowest BCUT2D eigenvalue weighted by molar-refractivity contribution is -0.201. The number of hydrogen-bond acceptors (Lipinski definition) is 6. The van der Waals surface area contributed by atoms with Crippen molar-refractivity contribution in [3.8, 4) is 0 Å². The van der Waals surface area contributed by atoms with Crippen LogP contribution in [0.15, 0.2) is 0 Å². The van der Waals surface area contributed by atoms with Crippen molar-refractivity contribution in [3.05, 3.63) is 0 Å². The van der Waals surface area contributed by atoms with Crippen molar-refractivity contribution in [2.75, 3.05) is 41.3 Å². The fourth-order valence-electron chi connectivity index (χ4n) is 3.10. The second-order valence-electron chi connectivity index (χ2n) is 5.49. The van der Waals surface area contributed by atoms with Crippen LogP contribution in [0.2, 0.25) is 0 Å². The largest absolute Gasteiger partial charge is 0.366 e. The van der Waals surface area contributed by atoms with E-state index in [1.54, 1.807) is 21.3 Å². The number of methoxy groups -OCH3 is 3. The van der Waals surface area contributed by atoms with E-state index in [4.69, 9.17) is 14.2 Å². The van der Waals surface area contributed by atoms with Gasteiger partial charge in [0.1, 0.15) is 18.7 Å². The molecular weight excluding hydrogens is 270 g/mol. The molecule has 0 bridgehead atoms. The highest BCUT2D eigenvalue weighted by Gasteiger charge is 2.33. The van der Waals surface area contributed by atoms with Crippen LogP contribution in [0.1, 0.15) is 40.0 Å². The minimum atomic E-state index is 0.124. The Bertz CT molecular complexity index is 220. The van der Waals surface area contributed by atoms with E-state index >= 15 is 0 Å². The molecule has 0 spiro atoms. The zero-order chi connectivity index (χ0) is 15.8. The Morgan fingerprint density at radius 2 is 0.857 bits per heavy atom. The lowest BCUT2D eigenvalue weighted by Gasteiger charge is -2.48. The lowest BCUT2D eigenvalue weighted by Crippen LogP contribution is -2.62. The van der Waals surface area contributed by atoms with E-state index in [1.807, 2.05) is 0 Å². The number of rotatable bonds is 9. The van der Waals surface area contributed by atoms with Crippen LogP contribution in [0.5, 0.6) is 0 Å². The van der Waals surface area contributed by atoms with Gasteiger partial charge in [0.25, 0.3) is 0 Å². The molecule has 0 saturated carbocycles. The van der Waals surface area contributed by atoms with Crippen molar-refractivity contribution in [2.45, 2.75) is 58.7 Å². The Morgan fingerprint density at radius 1 is 0.619 bits per heavy atom. The van der Waals surface area contributed by atoms with Crippen LogP contribution in [0.3, 0.4) is 0 Å². The third-order valence-electron chi connectivity index (χ3n) is 4.18. The Hall–Kier alpha value is -0.240. The van der Waals surface area contributed by atoms with Gasteiger partial charge in [0.05, 0.1) is 20.0 Å². The molecule has 1 fully saturated rings. The van der Waals surface area contributed by atoms with Gasteiger partial charge in [-0.05, 0) is 19.3 Å². The number of ether oxygens (including phenoxy) is 3. The minimum Gasteiger partial charge on any atom is -0.366 e. The molecule has 3 atom stereocenters. The molecular formula is C15H33N3O3. The molecule has 1 rings (SSSR count). The molecule has 1 aliphatic rings. The smallest absolute Gasteiger partial charge is 0.111 e. The monoisotopic (exact) mass is 303 g/mol. The maximum absolute atomic E-state index is 5.62. The van der Waals surface area contributed by atoms with Gasteiger partial charge in [-0.3, -0.25) is 14.7 Å². The van der Waals surface area contributed by atoms with E-state index < -0.39 is 0 Å². The van der Waals surface area contributed by atoms with Crippen molar-refractivity contribution in [3.63, 3.8) is 0 Å². The van der Waals surface area contributed by atoms with Gasteiger partial charge in [0.15, 0.2) is 0 Å². The predicted molar refractivity (Wildman–Crippen MR) is 83.4 cm³/mol. The van der Waals surface area contributed by atoms with Crippen molar-refractivity contribution in [1.29, 1.82) is 0 Å². The van der Waals surface area contributed by atoms with Gasteiger partial charge in [-0.15, -0.1) is 0 Å². The molecule has 0 radical (unpaired) electrons. The molecule has 1 heterocycles. The summed E-state index contributed by atoms with van der Waals surface area (Å²) in [5, 5.41) is 0. The van der Waals surface area contributed by atoms with E-state index in [9.17, 15) is 0 Å². The summed E-state index contributed by atoms with van der Waals surface area (Å²) >= 11 is 0. The van der Waals surface area contributed by atoms with Crippen LogP contribution in [-0.4, -0.2) is 74.7 Å². The second-order valence-corrected chi connectivity index (χ2v) is 5.49. The third-order valence-corrected chi connectivity index (χ3v) is 4.18. The van der Waals surface area contributed by atoms with E-state index in [0.29, 0.717) is 0 Å². The first-order valence-corrected chi connectivity index (χ1v) is 7.95. The molecule has 1 aliphatic heterocycles. The molecule has 0 aromatic rings. The normalized spacial score (nSPS) is 23.1. The van der Waals surface area contributed by atoms with Gasteiger partial charge in [0.2, 0.25) is 0 Å². The van der Waals surface area contributed by atoms with Crippen molar-refractivity contribution < 1.29 is 14.2 Å². The first-order chi connectivity index (χ1) is 10.1. The number of hydrogen-bond donors (Lipinski definition) is 0. The molecule has 0 N–H and O–H groups in total. The standard InChI is InChI=1S/C15H33N3O3/c1-7-13(19-4)16-10-17(14(8-2)20-5)12-18(11-16)15(9-3)21-6/h13-15H,7-12H2,1-6H3. The Balaban J connectivity index is 2.86. The van der Waals surface area contributed by atoms with Crippen LogP contribution >= 0.6 is 0 Å². The summed E-state index contributed by atoms with van der Waals surface area (Å²) in [4.78, 5) is 7.02. The average Bonchev–Trinajstić information content (AvgIpc) is 2.51. The van der Waals surface area contributed by atoms with Gasteiger partial charge >= 0.3 is 0 Å². The summed E-state index contributed by atoms with van der Waals surface area (Å²) in [5.41, 5.74) is 0. The summed E-state index contributed by atoms with van der Waals surface area (Å²) in [7, 11) is 5.33. The molecule has 6 nitrogen and oxygen atoms in total. The van der Waals surface area contributed by atoms with Crippen LogP contribution in [0.4, 0.5) is 0 Å². The van der Waals surface area contributed by atoms with Crippen molar-refractivity contribution in [1.82, 2.24) is 14.7 Å². The van der Waals surface area contributed by atoms with Crippen LogP contribution in [-0.2, 0) is 14.2 Å². The Kier molecular flexibility index (Phi) is 8.70. The SMILES string of the molecule is CCC(OC)N1CN(C(CC)OC)CN(C(CC)OC)C1. The summed E-state index contributed by atoms with van der Waals surface area (Å²) in [6.07, 6.45) is 3.26. The highest BCUT2D eigenvalue weighted by Crippen LogP contribution is 2.20. The Labute approximate surface area is 129 Å². The quantitative estimate of drug-likeness (QED) is 0.648. The highest BCUT2D eigenvalue weighted by molar-refractivity contribution is 4.75. The highest BCUT2D eigenvalue weighted by atomic mass is 16.5. The molecule has 0 aliphatic carbocycles. The summed E-state index contributed by atoms with van der Waals surface area (Å²) in [6.45, 7) is 9.02. The zero-order valence-corrected chi connectivity index (χ0v) is 14.5. The van der Waals surface area contributed by atoms with Crippen LogP contribution in [0.25, 0.3) is 0 Å². The molecule has 0 amide bonds. The van der Waals surface area contributed by atoms with E-state index in [-0.39, 0.29) is 18.7 Å². The van der Waals surface area contributed by atoms with Crippen molar-refractivity contribution in [2.24, 2.45) is 0 Å². The fraction of sp³-hybridized carbons (Fsp3) is 1.00. The molecule has 0 aromatic carbocycles. The topological polar surface area (TPSA) is 37.4 Å². The minimum absolute atomic E-state index is 0.124. The molecule has 126 valence electrons. The zero-order valence-electron chi connectivity index (χ0n) is 14.5. The lowest BCUT2D eigenvalue weighted by atomic mass is 10.3. The van der Waals surface area contributed by atoms with E-state index in [0.717, 1.165) is 39.3 Å². The van der Waals surface area contributed by atoms with Gasteiger partial charge in [-0.1, -0.05) is 20.8 Å². The first kappa shape index (κ1) is 18.8. The molecule has 21 heavy (non-hydrogen) atoms. The van der Waals surface area contributed by atoms with Gasteiger partial charge in [-0.2, -0.15) is 0 Å². The summed E-state index contributed by atoms with van der Waals surface area (Å²) in [6, 6.07) is 0. The predicted octanol–water partition coefficient (Wildman–Crippen LogP) is 1.93. The second kappa shape index (κ2) is 9.71. The van der Waals surface area contributed by atoms with Gasteiger partial charge < -0.3 is 14.2 Å². The van der Waals surface area contributed by atoms with Crippen LogP contribution in [0, 0.1) is 0 Å². The number of nitrogens with zero attached hydrogens (tertiary/aromatic N) is 3. The summed E-state index contributed by atoms with van der Waals surface area (Å²) in [5.74, 6) is 0. The van der Waals surface area contributed by atoms with Gasteiger partial charge in [0, 0.05) is 21.3 Å².